The highest BCUT2D eigenvalue weighted by atomic mass is 79.9. The second-order valence-electron chi connectivity index (χ2n) is 6.42. The van der Waals surface area contributed by atoms with Crippen LogP contribution in [0.5, 0.6) is 0 Å². The van der Waals surface area contributed by atoms with Crippen molar-refractivity contribution in [1.82, 2.24) is 9.55 Å². The minimum Gasteiger partial charge on any atom is -0.444 e. The zero-order valence-electron chi connectivity index (χ0n) is 13.7. The number of nitrogens with one attached hydrogen (secondary N) is 1. The first-order valence-electron chi connectivity index (χ1n) is 7.55. The zero-order chi connectivity index (χ0) is 17.3. The lowest BCUT2D eigenvalue weighted by molar-refractivity contribution is 0.0636. The molecular weight excluding hydrogens is 370 g/mol. The van der Waals surface area contributed by atoms with Crippen LogP contribution in [0, 0.1) is 0 Å². The van der Waals surface area contributed by atoms with Gasteiger partial charge in [0.25, 0.3) is 0 Å². The summed E-state index contributed by atoms with van der Waals surface area (Å²) < 4.78 is 8.24. The normalized spacial score (nSPS) is 11.5. The molecule has 0 radical (unpaired) electrons. The van der Waals surface area contributed by atoms with E-state index < -0.39 is 11.7 Å². The van der Waals surface area contributed by atoms with Crippen LogP contribution in [0.2, 0.25) is 0 Å². The molecule has 1 N–H and O–H groups in total. The van der Waals surface area contributed by atoms with E-state index in [9.17, 15) is 4.79 Å². The van der Waals surface area contributed by atoms with Gasteiger partial charge in [0.2, 0.25) is 0 Å². The fourth-order valence-corrected chi connectivity index (χ4v) is 2.69. The summed E-state index contributed by atoms with van der Waals surface area (Å²) in [5.41, 5.74) is 2.93. The molecule has 6 heteroatoms. The Kier molecular flexibility index (Phi) is 4.32. The average molecular weight is 388 g/mol. The molecule has 5 nitrogen and oxygen atoms in total. The number of carbonyl (C=O) groups is 1. The van der Waals surface area contributed by atoms with Crippen molar-refractivity contribution in [2.75, 3.05) is 5.32 Å². The van der Waals surface area contributed by atoms with Crippen LogP contribution in [0.3, 0.4) is 0 Å². The van der Waals surface area contributed by atoms with Crippen LogP contribution >= 0.6 is 15.9 Å². The summed E-state index contributed by atoms with van der Waals surface area (Å²) in [6, 6.07) is 13.5. The highest BCUT2D eigenvalue weighted by Crippen LogP contribution is 2.23. The largest absolute Gasteiger partial charge is 0.444 e. The SMILES string of the molecule is CC(C)(C)OC(=O)Nc1cccc(-n2cnc3ccc(Br)cc32)c1. The van der Waals surface area contributed by atoms with E-state index in [2.05, 4.69) is 26.2 Å². The quantitative estimate of drug-likeness (QED) is 0.662. The summed E-state index contributed by atoms with van der Waals surface area (Å²) in [6.07, 6.45) is 1.29. The summed E-state index contributed by atoms with van der Waals surface area (Å²) in [4.78, 5) is 16.3. The molecule has 0 atom stereocenters. The molecule has 24 heavy (non-hydrogen) atoms. The molecule has 0 aliphatic carbocycles. The monoisotopic (exact) mass is 387 g/mol. The molecule has 124 valence electrons. The van der Waals surface area contributed by atoms with E-state index in [1.807, 2.05) is 67.8 Å². The van der Waals surface area contributed by atoms with Gasteiger partial charge in [0.05, 0.1) is 11.0 Å². The van der Waals surface area contributed by atoms with Crippen molar-refractivity contribution >= 4 is 38.7 Å². The number of carbonyl (C=O) groups excluding carboxylic acids is 1. The summed E-state index contributed by atoms with van der Waals surface area (Å²) >= 11 is 3.48. The summed E-state index contributed by atoms with van der Waals surface area (Å²) in [6.45, 7) is 5.50. The molecule has 1 aromatic heterocycles. The predicted molar refractivity (Wildman–Crippen MR) is 98.6 cm³/mol. The third-order valence-electron chi connectivity index (χ3n) is 3.28. The topological polar surface area (TPSA) is 56.1 Å². The molecule has 3 rings (SSSR count). The Morgan fingerprint density at radius 1 is 1.21 bits per heavy atom. The van der Waals surface area contributed by atoms with E-state index >= 15 is 0 Å². The predicted octanol–water partition coefficient (Wildman–Crippen LogP) is 5.14. The Morgan fingerprint density at radius 3 is 2.75 bits per heavy atom. The van der Waals surface area contributed by atoms with Gasteiger partial charge >= 0.3 is 6.09 Å². The number of fused-ring (bicyclic) bond motifs is 1. The maximum Gasteiger partial charge on any atom is 0.412 e. The van der Waals surface area contributed by atoms with Crippen molar-refractivity contribution in [2.24, 2.45) is 0 Å². The highest BCUT2D eigenvalue weighted by molar-refractivity contribution is 9.10. The third-order valence-corrected chi connectivity index (χ3v) is 3.77. The maximum atomic E-state index is 11.9. The Bertz CT molecular complexity index is 897. The van der Waals surface area contributed by atoms with E-state index in [0.717, 1.165) is 21.2 Å². The Morgan fingerprint density at radius 2 is 2.00 bits per heavy atom. The minimum atomic E-state index is -0.533. The molecule has 3 aromatic rings. The lowest BCUT2D eigenvalue weighted by Crippen LogP contribution is -2.27. The first kappa shape index (κ1) is 16.5. The van der Waals surface area contributed by atoms with Crippen LogP contribution in [0.15, 0.2) is 53.3 Å². The average Bonchev–Trinajstić information content (AvgIpc) is 2.88. The number of ether oxygens (including phenoxy) is 1. The lowest BCUT2D eigenvalue weighted by Gasteiger charge is -2.19. The minimum absolute atomic E-state index is 0.474. The number of benzene rings is 2. The molecule has 0 unspecified atom stereocenters. The smallest absolute Gasteiger partial charge is 0.412 e. The van der Waals surface area contributed by atoms with Crippen LogP contribution in [-0.2, 0) is 4.74 Å². The van der Waals surface area contributed by atoms with Crippen molar-refractivity contribution in [3.05, 3.63) is 53.3 Å². The first-order valence-corrected chi connectivity index (χ1v) is 8.34. The van der Waals surface area contributed by atoms with E-state index in [-0.39, 0.29) is 0 Å². The molecule has 1 heterocycles. The van der Waals surface area contributed by atoms with Gasteiger partial charge in [-0.3, -0.25) is 9.88 Å². The van der Waals surface area contributed by atoms with Gasteiger partial charge in [-0.25, -0.2) is 9.78 Å². The van der Waals surface area contributed by atoms with E-state index in [1.165, 1.54) is 0 Å². The highest BCUT2D eigenvalue weighted by Gasteiger charge is 2.16. The van der Waals surface area contributed by atoms with E-state index in [4.69, 9.17) is 4.74 Å². The fourth-order valence-electron chi connectivity index (χ4n) is 2.34. The lowest BCUT2D eigenvalue weighted by atomic mass is 10.2. The molecule has 0 bridgehead atoms. The number of halogens is 1. The van der Waals surface area contributed by atoms with E-state index in [0.29, 0.717) is 5.69 Å². The number of rotatable bonds is 2. The van der Waals surface area contributed by atoms with Gasteiger partial charge in [-0.1, -0.05) is 22.0 Å². The van der Waals surface area contributed by atoms with Crippen molar-refractivity contribution in [1.29, 1.82) is 0 Å². The van der Waals surface area contributed by atoms with E-state index in [1.54, 1.807) is 6.33 Å². The zero-order valence-corrected chi connectivity index (χ0v) is 15.3. The van der Waals surface area contributed by atoms with Gasteiger partial charge in [0, 0.05) is 15.8 Å². The second-order valence-corrected chi connectivity index (χ2v) is 7.34. The number of anilines is 1. The van der Waals surface area contributed by atoms with Gasteiger partial charge in [-0.15, -0.1) is 0 Å². The molecular formula is C18H18BrN3O2. The molecule has 2 aromatic carbocycles. The van der Waals surface area contributed by atoms with Gasteiger partial charge in [-0.05, 0) is 57.2 Å². The van der Waals surface area contributed by atoms with Gasteiger partial charge in [0.1, 0.15) is 11.9 Å². The summed E-state index contributed by atoms with van der Waals surface area (Å²) in [5, 5.41) is 2.76. The molecule has 1 amide bonds. The number of imidazole rings is 1. The number of aromatic nitrogens is 2. The Labute approximate surface area is 148 Å². The summed E-state index contributed by atoms with van der Waals surface area (Å²) in [5.74, 6) is 0. The number of hydrogen-bond donors (Lipinski definition) is 1. The van der Waals surface area contributed by atoms with Crippen LogP contribution in [0.25, 0.3) is 16.7 Å². The van der Waals surface area contributed by atoms with Crippen LogP contribution in [-0.4, -0.2) is 21.2 Å². The van der Waals surface area contributed by atoms with Crippen molar-refractivity contribution in [3.63, 3.8) is 0 Å². The van der Waals surface area contributed by atoms with Crippen molar-refractivity contribution < 1.29 is 9.53 Å². The van der Waals surface area contributed by atoms with Gasteiger partial charge in [0.15, 0.2) is 0 Å². The van der Waals surface area contributed by atoms with Crippen LogP contribution in [0.1, 0.15) is 20.8 Å². The summed E-state index contributed by atoms with van der Waals surface area (Å²) in [7, 11) is 0. The molecule has 0 saturated heterocycles. The number of nitrogens with zero attached hydrogens (tertiary/aromatic N) is 2. The molecule has 0 spiro atoms. The second kappa shape index (κ2) is 6.28. The van der Waals surface area contributed by atoms with Crippen LogP contribution < -0.4 is 5.32 Å². The van der Waals surface area contributed by atoms with Gasteiger partial charge < -0.3 is 4.74 Å². The van der Waals surface area contributed by atoms with Gasteiger partial charge in [-0.2, -0.15) is 0 Å². The number of amides is 1. The maximum absolute atomic E-state index is 11.9. The number of hydrogen-bond acceptors (Lipinski definition) is 3. The fraction of sp³-hybridized carbons (Fsp3) is 0.222. The standard InChI is InChI=1S/C18H18BrN3O2/c1-18(2,3)24-17(23)21-13-5-4-6-14(10-13)22-11-20-15-8-7-12(19)9-16(15)22/h4-11H,1-3H3,(H,21,23). The van der Waals surface area contributed by atoms with Crippen LogP contribution in [0.4, 0.5) is 10.5 Å². The molecule has 0 saturated carbocycles. The third kappa shape index (κ3) is 3.76. The first-order chi connectivity index (χ1) is 11.3. The molecule has 0 aliphatic heterocycles. The van der Waals surface area contributed by atoms with Crippen molar-refractivity contribution in [2.45, 2.75) is 26.4 Å². The Hall–Kier alpha value is -2.34. The molecule has 0 aliphatic rings. The molecule has 0 fully saturated rings. The Balaban J connectivity index is 1.90. The van der Waals surface area contributed by atoms with Crippen molar-refractivity contribution in [3.8, 4) is 5.69 Å².